The van der Waals surface area contributed by atoms with Gasteiger partial charge in [0.25, 0.3) is 5.91 Å². The number of benzene rings is 1. The first kappa shape index (κ1) is 27.9. The number of rotatable bonds is 6. The first-order valence-electron chi connectivity index (χ1n) is 9.07. The number of nitrogens with zero attached hydrogens (tertiary/aromatic N) is 1. The Bertz CT molecular complexity index is 890. The second-order valence-electron chi connectivity index (χ2n) is 5.82. The van der Waals surface area contributed by atoms with Crippen molar-refractivity contribution in [2.24, 2.45) is 4.99 Å². The summed E-state index contributed by atoms with van der Waals surface area (Å²) in [5.41, 5.74) is -2.73. The zero-order chi connectivity index (χ0) is 24.4. The normalized spacial score (nSPS) is 13.2. The molecule has 170 valence electrons. The molecule has 1 aromatic rings. The molecular weight excluding hydrogens is 422 g/mol. The highest BCUT2D eigenvalue weighted by Crippen LogP contribution is 2.32. The van der Waals surface area contributed by atoms with Crippen molar-refractivity contribution in [3.63, 3.8) is 0 Å². The van der Waals surface area contributed by atoms with Crippen LogP contribution in [-0.2, 0) is 6.18 Å². The van der Waals surface area contributed by atoms with Gasteiger partial charge in [0.05, 0.1) is 11.1 Å². The van der Waals surface area contributed by atoms with Crippen LogP contribution >= 0.6 is 0 Å². The van der Waals surface area contributed by atoms with Crippen LogP contribution in [0.2, 0.25) is 0 Å². The summed E-state index contributed by atoms with van der Waals surface area (Å²) >= 11 is 0. The molecule has 0 unspecified atom stereocenters. The fraction of sp³-hybridized carbons (Fsp3) is 0.273. The molecular formula is C22H24F6N2O. The highest BCUT2D eigenvalue weighted by atomic mass is 19.4. The molecule has 0 saturated heterocycles. The van der Waals surface area contributed by atoms with Gasteiger partial charge in [-0.05, 0) is 32.1 Å². The van der Waals surface area contributed by atoms with E-state index in [9.17, 15) is 31.1 Å². The van der Waals surface area contributed by atoms with Gasteiger partial charge in [0, 0.05) is 28.8 Å². The summed E-state index contributed by atoms with van der Waals surface area (Å²) < 4.78 is 76.9. The molecule has 0 aliphatic carbocycles. The van der Waals surface area contributed by atoms with Gasteiger partial charge < -0.3 is 5.32 Å². The molecule has 1 N–H and O–H groups in total. The monoisotopic (exact) mass is 446 g/mol. The van der Waals surface area contributed by atoms with Crippen molar-refractivity contribution in [1.82, 2.24) is 5.32 Å². The number of carbonyl (C=O) groups is 1. The summed E-state index contributed by atoms with van der Waals surface area (Å²) in [4.78, 5) is 16.1. The minimum atomic E-state index is -4.75. The lowest BCUT2D eigenvalue weighted by molar-refractivity contribution is -0.137. The summed E-state index contributed by atoms with van der Waals surface area (Å²) in [5, 5.41) is 2.27. The summed E-state index contributed by atoms with van der Waals surface area (Å²) in [7, 11) is 0. The van der Waals surface area contributed by atoms with Gasteiger partial charge in [-0.2, -0.15) is 26.3 Å². The van der Waals surface area contributed by atoms with Crippen LogP contribution in [0, 0.1) is 0 Å². The van der Waals surface area contributed by atoms with Crippen molar-refractivity contribution < 1.29 is 31.1 Å². The SMILES string of the molecule is C=C/C=C(/NC(=O)c1ccccc1C(F)(F)F)C(=C)C(C)=N/C=C(\C)C(F)(F)F.CC. The number of halogens is 6. The first-order chi connectivity index (χ1) is 14.3. The van der Waals surface area contributed by atoms with E-state index in [0.717, 1.165) is 25.1 Å². The first-order valence-corrected chi connectivity index (χ1v) is 9.07. The summed E-state index contributed by atoms with van der Waals surface area (Å²) in [5.74, 6) is -1.07. The highest BCUT2D eigenvalue weighted by Gasteiger charge is 2.35. The van der Waals surface area contributed by atoms with Crippen molar-refractivity contribution in [3.8, 4) is 0 Å². The van der Waals surface area contributed by atoms with E-state index >= 15 is 0 Å². The van der Waals surface area contributed by atoms with E-state index in [4.69, 9.17) is 0 Å². The molecule has 0 spiro atoms. The number of alkyl halides is 6. The third-order valence-corrected chi connectivity index (χ3v) is 3.67. The molecule has 1 amide bonds. The van der Waals surface area contributed by atoms with Gasteiger partial charge in [-0.3, -0.25) is 9.79 Å². The maximum atomic E-state index is 13.1. The lowest BCUT2D eigenvalue weighted by Gasteiger charge is -2.15. The van der Waals surface area contributed by atoms with Crippen molar-refractivity contribution in [1.29, 1.82) is 0 Å². The summed E-state index contributed by atoms with van der Waals surface area (Å²) in [6.45, 7) is 13.2. The molecule has 9 heteroatoms. The number of hydrogen-bond donors (Lipinski definition) is 1. The number of amides is 1. The summed E-state index contributed by atoms with van der Waals surface area (Å²) in [6.07, 6.45) is -6.23. The molecule has 0 aromatic heterocycles. The van der Waals surface area contributed by atoms with Gasteiger partial charge in [-0.1, -0.05) is 45.2 Å². The second kappa shape index (κ2) is 11.9. The van der Waals surface area contributed by atoms with E-state index in [-0.39, 0.29) is 17.0 Å². The Balaban J connectivity index is 0.00000436. The molecule has 0 radical (unpaired) electrons. The van der Waals surface area contributed by atoms with E-state index in [1.54, 1.807) is 0 Å². The van der Waals surface area contributed by atoms with E-state index < -0.39 is 35.0 Å². The van der Waals surface area contributed by atoms with Crippen molar-refractivity contribution >= 4 is 11.6 Å². The molecule has 0 heterocycles. The fourth-order valence-corrected chi connectivity index (χ4v) is 1.99. The van der Waals surface area contributed by atoms with Crippen LogP contribution in [-0.4, -0.2) is 17.8 Å². The molecule has 31 heavy (non-hydrogen) atoms. The molecule has 0 saturated carbocycles. The van der Waals surface area contributed by atoms with E-state index in [1.807, 2.05) is 13.8 Å². The predicted molar refractivity (Wildman–Crippen MR) is 111 cm³/mol. The maximum absolute atomic E-state index is 13.1. The van der Waals surface area contributed by atoms with E-state index in [1.165, 1.54) is 25.1 Å². The molecule has 0 bridgehead atoms. The molecule has 0 atom stereocenters. The van der Waals surface area contributed by atoms with Crippen LogP contribution in [0.1, 0.15) is 43.6 Å². The molecule has 0 aliphatic rings. The van der Waals surface area contributed by atoms with Crippen LogP contribution in [0.5, 0.6) is 0 Å². The van der Waals surface area contributed by atoms with Crippen LogP contribution in [0.3, 0.4) is 0 Å². The second-order valence-corrected chi connectivity index (χ2v) is 5.82. The topological polar surface area (TPSA) is 41.5 Å². The zero-order valence-electron chi connectivity index (χ0n) is 17.6. The van der Waals surface area contributed by atoms with E-state index in [2.05, 4.69) is 23.5 Å². The third kappa shape index (κ3) is 8.65. The van der Waals surface area contributed by atoms with Crippen molar-refractivity contribution in [2.75, 3.05) is 0 Å². The van der Waals surface area contributed by atoms with Gasteiger partial charge >= 0.3 is 12.4 Å². The Morgan fingerprint density at radius 1 is 1.06 bits per heavy atom. The van der Waals surface area contributed by atoms with E-state index in [0.29, 0.717) is 6.20 Å². The average Bonchev–Trinajstić information content (AvgIpc) is 2.70. The molecule has 0 aliphatic heterocycles. The number of aliphatic imine (C=N–C) groups is 1. The van der Waals surface area contributed by atoms with Gasteiger partial charge in [-0.25, -0.2) is 0 Å². The number of allylic oxidation sites excluding steroid dienone is 4. The van der Waals surface area contributed by atoms with Crippen LogP contribution < -0.4 is 5.32 Å². The van der Waals surface area contributed by atoms with Crippen molar-refractivity contribution in [2.45, 2.75) is 40.0 Å². The van der Waals surface area contributed by atoms with Gasteiger partial charge in [-0.15, -0.1) is 0 Å². The molecule has 1 aromatic carbocycles. The minimum absolute atomic E-state index is 0.00830. The van der Waals surface area contributed by atoms with Gasteiger partial charge in [0.15, 0.2) is 0 Å². The zero-order valence-corrected chi connectivity index (χ0v) is 17.6. The Labute approximate surface area is 177 Å². The quantitative estimate of drug-likeness (QED) is 0.285. The Hall–Kier alpha value is -3.10. The van der Waals surface area contributed by atoms with Gasteiger partial charge in [0.2, 0.25) is 0 Å². The van der Waals surface area contributed by atoms with Crippen LogP contribution in [0.4, 0.5) is 26.3 Å². The smallest absolute Gasteiger partial charge is 0.321 e. The standard InChI is InChI=1S/C20H18F6N2O.C2H6/c1-5-8-17(13(3)14(4)27-11-12(2)19(21,22)23)28-18(29)15-9-6-7-10-16(15)20(24,25)26;1-2/h5-11H,1,3H2,2,4H3,(H,28,29);1-2H3/b12-11+,17-8+,27-14?;. The highest BCUT2D eigenvalue weighted by molar-refractivity contribution is 6.04. The largest absolute Gasteiger partial charge is 0.417 e. The average molecular weight is 446 g/mol. The number of hydrogen-bond acceptors (Lipinski definition) is 2. The lowest BCUT2D eigenvalue weighted by atomic mass is 10.0. The third-order valence-electron chi connectivity index (χ3n) is 3.67. The molecule has 1 rings (SSSR count). The summed E-state index contributed by atoms with van der Waals surface area (Å²) in [6, 6.07) is 4.18. The predicted octanol–water partition coefficient (Wildman–Crippen LogP) is 7.01. The van der Waals surface area contributed by atoms with Crippen molar-refractivity contribution in [3.05, 3.63) is 83.7 Å². The number of carbonyl (C=O) groups excluding carboxylic acids is 1. The molecule has 3 nitrogen and oxygen atoms in total. The Morgan fingerprint density at radius 2 is 1.61 bits per heavy atom. The molecule has 0 fully saturated rings. The number of nitrogens with one attached hydrogen (secondary N) is 1. The Morgan fingerprint density at radius 3 is 2.10 bits per heavy atom. The van der Waals surface area contributed by atoms with Crippen LogP contribution in [0.15, 0.2) is 77.6 Å². The Kier molecular flexibility index (Phi) is 10.7. The lowest BCUT2D eigenvalue weighted by Crippen LogP contribution is -2.27. The van der Waals surface area contributed by atoms with Crippen LogP contribution in [0.25, 0.3) is 0 Å². The maximum Gasteiger partial charge on any atom is 0.417 e. The fourth-order valence-electron chi connectivity index (χ4n) is 1.99. The minimum Gasteiger partial charge on any atom is -0.321 e. The van der Waals surface area contributed by atoms with Gasteiger partial charge in [0.1, 0.15) is 0 Å².